The van der Waals surface area contributed by atoms with E-state index in [-0.39, 0.29) is 0 Å². The molecule has 0 aromatic heterocycles. The highest BCUT2D eigenvalue weighted by Gasteiger charge is 2.02. The van der Waals surface area contributed by atoms with Crippen LogP contribution in [0.2, 0.25) is 0 Å². The summed E-state index contributed by atoms with van der Waals surface area (Å²) in [6.07, 6.45) is 0. The second-order valence-corrected chi connectivity index (χ2v) is 3.30. The first kappa shape index (κ1) is 10.9. The molecule has 1 aromatic rings. The van der Waals surface area contributed by atoms with Crippen LogP contribution >= 0.6 is 0 Å². The van der Waals surface area contributed by atoms with E-state index in [9.17, 15) is 8.78 Å². The van der Waals surface area contributed by atoms with Crippen molar-refractivity contribution in [2.45, 2.75) is 13.5 Å². The molecule has 1 aromatic carbocycles. The van der Waals surface area contributed by atoms with Crippen LogP contribution in [0.25, 0.3) is 0 Å². The van der Waals surface area contributed by atoms with Crippen LogP contribution < -0.4 is 5.32 Å². The van der Waals surface area contributed by atoms with Gasteiger partial charge >= 0.3 is 0 Å². The molecule has 0 radical (unpaired) electrons. The lowest BCUT2D eigenvalue weighted by Gasteiger charge is -2.05. The summed E-state index contributed by atoms with van der Waals surface area (Å²) in [5, 5.41) is 3.00. The molecule has 0 atom stereocenters. The van der Waals surface area contributed by atoms with Crippen molar-refractivity contribution in [3.05, 3.63) is 47.5 Å². The predicted octanol–water partition coefficient (Wildman–Crippen LogP) is 2.63. The molecule has 0 unspecified atom stereocenters. The molecule has 0 fully saturated rings. The van der Waals surface area contributed by atoms with E-state index >= 15 is 0 Å². The van der Waals surface area contributed by atoms with E-state index in [1.807, 2.05) is 6.92 Å². The van der Waals surface area contributed by atoms with Gasteiger partial charge in [0, 0.05) is 24.7 Å². The first-order chi connectivity index (χ1) is 6.59. The molecule has 14 heavy (non-hydrogen) atoms. The predicted molar refractivity (Wildman–Crippen MR) is 52.9 cm³/mol. The van der Waals surface area contributed by atoms with Crippen molar-refractivity contribution in [1.82, 2.24) is 5.32 Å². The van der Waals surface area contributed by atoms with Crippen molar-refractivity contribution in [3.63, 3.8) is 0 Å². The number of hydrogen-bond acceptors (Lipinski definition) is 1. The largest absolute Gasteiger partial charge is 0.309 e. The Kier molecular flexibility index (Phi) is 3.77. The van der Waals surface area contributed by atoms with E-state index in [0.29, 0.717) is 18.7 Å². The van der Waals surface area contributed by atoms with Gasteiger partial charge in [-0.15, -0.1) is 0 Å². The van der Waals surface area contributed by atoms with Crippen molar-refractivity contribution >= 4 is 0 Å². The SMILES string of the molecule is C=C(C)CNCc1ccc(F)cc1F. The molecule has 0 aliphatic carbocycles. The summed E-state index contributed by atoms with van der Waals surface area (Å²) in [7, 11) is 0. The number of rotatable bonds is 4. The maximum absolute atomic E-state index is 13.1. The zero-order chi connectivity index (χ0) is 10.6. The second-order valence-electron chi connectivity index (χ2n) is 3.30. The monoisotopic (exact) mass is 197 g/mol. The lowest BCUT2D eigenvalue weighted by Crippen LogP contribution is -2.16. The van der Waals surface area contributed by atoms with Gasteiger partial charge in [-0.05, 0) is 13.0 Å². The summed E-state index contributed by atoms with van der Waals surface area (Å²) in [5.41, 5.74) is 1.44. The van der Waals surface area contributed by atoms with Crippen LogP contribution in [0.1, 0.15) is 12.5 Å². The third kappa shape index (κ3) is 3.26. The highest BCUT2D eigenvalue weighted by Crippen LogP contribution is 2.08. The normalized spacial score (nSPS) is 10.2. The quantitative estimate of drug-likeness (QED) is 0.732. The van der Waals surface area contributed by atoms with Crippen LogP contribution in [0.4, 0.5) is 8.78 Å². The molecule has 1 N–H and O–H groups in total. The van der Waals surface area contributed by atoms with E-state index in [1.165, 1.54) is 12.1 Å². The summed E-state index contributed by atoms with van der Waals surface area (Å²) in [4.78, 5) is 0. The molecule has 0 amide bonds. The molecular formula is C11H13F2N. The van der Waals surface area contributed by atoms with Crippen molar-refractivity contribution in [2.24, 2.45) is 0 Å². The smallest absolute Gasteiger partial charge is 0.130 e. The molecular weight excluding hydrogens is 184 g/mol. The minimum atomic E-state index is -0.550. The second kappa shape index (κ2) is 4.86. The van der Waals surface area contributed by atoms with Crippen LogP contribution in [-0.4, -0.2) is 6.54 Å². The molecule has 76 valence electrons. The maximum Gasteiger partial charge on any atom is 0.130 e. The van der Waals surface area contributed by atoms with Gasteiger partial charge in [0.25, 0.3) is 0 Å². The van der Waals surface area contributed by atoms with Crippen LogP contribution in [0.5, 0.6) is 0 Å². The Morgan fingerprint density at radius 2 is 2.14 bits per heavy atom. The summed E-state index contributed by atoms with van der Waals surface area (Å²) in [6.45, 7) is 6.61. The average molecular weight is 197 g/mol. The summed E-state index contributed by atoms with van der Waals surface area (Å²) < 4.78 is 25.6. The van der Waals surface area contributed by atoms with E-state index in [0.717, 1.165) is 11.6 Å². The van der Waals surface area contributed by atoms with Gasteiger partial charge in [-0.25, -0.2) is 8.78 Å². The van der Waals surface area contributed by atoms with Gasteiger partial charge in [0.15, 0.2) is 0 Å². The van der Waals surface area contributed by atoms with Crippen molar-refractivity contribution in [3.8, 4) is 0 Å². The topological polar surface area (TPSA) is 12.0 Å². The fraction of sp³-hybridized carbons (Fsp3) is 0.273. The fourth-order valence-corrected chi connectivity index (χ4v) is 1.08. The molecule has 0 aliphatic heterocycles. The van der Waals surface area contributed by atoms with Crippen molar-refractivity contribution in [1.29, 1.82) is 0 Å². The third-order valence-corrected chi connectivity index (χ3v) is 1.76. The Morgan fingerprint density at radius 1 is 1.43 bits per heavy atom. The number of nitrogens with one attached hydrogen (secondary N) is 1. The molecule has 3 heteroatoms. The van der Waals surface area contributed by atoms with Gasteiger partial charge in [-0.2, -0.15) is 0 Å². The van der Waals surface area contributed by atoms with Crippen molar-refractivity contribution in [2.75, 3.05) is 6.54 Å². The van der Waals surface area contributed by atoms with Crippen molar-refractivity contribution < 1.29 is 8.78 Å². The maximum atomic E-state index is 13.1. The molecule has 0 spiro atoms. The van der Waals surface area contributed by atoms with Crippen LogP contribution in [0.3, 0.4) is 0 Å². The van der Waals surface area contributed by atoms with Crippen LogP contribution in [0, 0.1) is 11.6 Å². The highest BCUT2D eigenvalue weighted by atomic mass is 19.1. The Bertz CT molecular complexity index is 334. The number of benzene rings is 1. The molecule has 1 nitrogen and oxygen atoms in total. The van der Waals surface area contributed by atoms with E-state index in [4.69, 9.17) is 0 Å². The lowest BCUT2D eigenvalue weighted by atomic mass is 10.2. The number of halogens is 2. The number of hydrogen-bond donors (Lipinski definition) is 1. The molecule has 0 heterocycles. The Labute approximate surface area is 82.4 Å². The Hall–Kier alpha value is -1.22. The van der Waals surface area contributed by atoms with Gasteiger partial charge in [0.05, 0.1) is 0 Å². The minimum absolute atomic E-state index is 0.388. The van der Waals surface area contributed by atoms with Gasteiger partial charge in [-0.1, -0.05) is 18.2 Å². The minimum Gasteiger partial charge on any atom is -0.309 e. The molecule has 1 rings (SSSR count). The molecule has 0 saturated carbocycles. The van der Waals surface area contributed by atoms with Gasteiger partial charge in [-0.3, -0.25) is 0 Å². The van der Waals surface area contributed by atoms with Crippen LogP contribution in [0.15, 0.2) is 30.4 Å². The molecule has 0 aliphatic rings. The summed E-state index contributed by atoms with van der Waals surface area (Å²) in [6, 6.07) is 3.58. The van der Waals surface area contributed by atoms with Gasteiger partial charge in [0.2, 0.25) is 0 Å². The third-order valence-electron chi connectivity index (χ3n) is 1.76. The first-order valence-electron chi connectivity index (χ1n) is 4.38. The zero-order valence-electron chi connectivity index (χ0n) is 8.11. The zero-order valence-corrected chi connectivity index (χ0v) is 8.11. The highest BCUT2D eigenvalue weighted by molar-refractivity contribution is 5.18. The van der Waals surface area contributed by atoms with Crippen LogP contribution in [-0.2, 0) is 6.54 Å². The fourth-order valence-electron chi connectivity index (χ4n) is 1.08. The van der Waals surface area contributed by atoms with E-state index in [1.54, 1.807) is 0 Å². The first-order valence-corrected chi connectivity index (χ1v) is 4.38. The molecule has 0 bridgehead atoms. The van der Waals surface area contributed by atoms with Gasteiger partial charge < -0.3 is 5.32 Å². The summed E-state index contributed by atoms with van der Waals surface area (Å²) in [5.74, 6) is -1.06. The average Bonchev–Trinajstić information content (AvgIpc) is 2.08. The van der Waals surface area contributed by atoms with Gasteiger partial charge in [0.1, 0.15) is 11.6 Å². The Morgan fingerprint density at radius 3 is 2.71 bits per heavy atom. The lowest BCUT2D eigenvalue weighted by molar-refractivity contribution is 0.564. The molecule has 0 saturated heterocycles. The summed E-state index contributed by atoms with van der Waals surface area (Å²) >= 11 is 0. The van der Waals surface area contributed by atoms with E-state index < -0.39 is 11.6 Å². The Balaban J connectivity index is 2.55. The van der Waals surface area contributed by atoms with E-state index in [2.05, 4.69) is 11.9 Å². The standard InChI is InChI=1S/C11H13F2N/c1-8(2)6-14-7-9-3-4-10(12)5-11(9)13/h3-5,14H,1,6-7H2,2H3.